The van der Waals surface area contributed by atoms with Gasteiger partial charge in [0.15, 0.2) is 0 Å². The fourth-order valence-electron chi connectivity index (χ4n) is 3.91. The Morgan fingerprint density at radius 2 is 2.11 bits per heavy atom. The summed E-state index contributed by atoms with van der Waals surface area (Å²) < 4.78 is 5.17. The van der Waals surface area contributed by atoms with Crippen molar-refractivity contribution >= 4 is 23.3 Å². The van der Waals surface area contributed by atoms with Crippen LogP contribution in [0.25, 0.3) is 0 Å². The normalized spacial score (nSPS) is 18.7. The molecule has 2 aliphatic rings. The van der Waals surface area contributed by atoms with E-state index in [0.29, 0.717) is 30.5 Å². The molecule has 8 heteroatoms. The molecule has 0 saturated carbocycles. The molecule has 7 nitrogen and oxygen atoms in total. The number of carbonyl (C=O) groups excluding carboxylic acids is 1. The van der Waals surface area contributed by atoms with Crippen LogP contribution >= 0.6 is 11.6 Å². The molecule has 1 unspecified atom stereocenters. The molecule has 1 saturated heterocycles. The highest BCUT2D eigenvalue weighted by atomic mass is 35.5. The first-order valence-electron chi connectivity index (χ1n) is 9.02. The molecule has 0 N–H and O–H groups in total. The third kappa shape index (κ3) is 3.20. The minimum Gasteiger partial charge on any atom is -0.481 e. The van der Waals surface area contributed by atoms with Gasteiger partial charge in [-0.05, 0) is 31.4 Å². The molecule has 2 aromatic heterocycles. The molecule has 2 aromatic rings. The number of hydrogen-bond acceptors (Lipinski definition) is 6. The Kier molecular flexibility index (Phi) is 4.63. The molecule has 0 radical (unpaired) electrons. The van der Waals surface area contributed by atoms with Gasteiger partial charge < -0.3 is 14.5 Å². The lowest BCUT2D eigenvalue weighted by Crippen LogP contribution is -2.34. The average Bonchev–Trinajstić information content (AvgIpc) is 3.33. The van der Waals surface area contributed by atoms with Crippen LogP contribution in [0.4, 0.5) is 5.82 Å². The molecule has 142 valence electrons. The fourth-order valence-corrected chi connectivity index (χ4v) is 4.06. The summed E-state index contributed by atoms with van der Waals surface area (Å²) in [5.41, 5.74) is 3.93. The largest absolute Gasteiger partial charge is 0.481 e. The van der Waals surface area contributed by atoms with Gasteiger partial charge in [0, 0.05) is 25.7 Å². The third-order valence-corrected chi connectivity index (χ3v) is 6.01. The van der Waals surface area contributed by atoms with E-state index in [1.54, 1.807) is 13.2 Å². The van der Waals surface area contributed by atoms with E-state index in [0.717, 1.165) is 41.3 Å². The van der Waals surface area contributed by atoms with Gasteiger partial charge in [0.1, 0.15) is 12.1 Å². The van der Waals surface area contributed by atoms with E-state index in [2.05, 4.69) is 19.9 Å². The summed E-state index contributed by atoms with van der Waals surface area (Å²) in [7, 11) is 1.58. The van der Waals surface area contributed by atoms with Crippen LogP contribution in [0.1, 0.15) is 28.9 Å². The number of anilines is 1. The van der Waals surface area contributed by atoms with Crippen molar-refractivity contribution in [1.82, 2.24) is 19.9 Å². The topological polar surface area (TPSA) is 71.5 Å². The highest BCUT2D eigenvalue weighted by molar-refractivity contribution is 6.32. The molecule has 4 heterocycles. The third-order valence-electron chi connectivity index (χ3n) is 5.45. The SMILES string of the molecule is COc1cc(N2CCC(C(=O)N3Cc4nc(C)c(Cl)c(C)c4C3)C2)ncn1. The van der Waals surface area contributed by atoms with Crippen LogP contribution in [0.15, 0.2) is 12.4 Å². The summed E-state index contributed by atoms with van der Waals surface area (Å²) in [4.78, 5) is 30.0. The molecule has 0 spiro atoms. The second-order valence-corrected chi connectivity index (χ2v) is 7.48. The summed E-state index contributed by atoms with van der Waals surface area (Å²) in [5.74, 6) is 1.45. The van der Waals surface area contributed by atoms with Gasteiger partial charge in [-0.3, -0.25) is 9.78 Å². The number of rotatable bonds is 3. The number of fused-ring (bicyclic) bond motifs is 1. The molecule has 0 bridgehead atoms. The summed E-state index contributed by atoms with van der Waals surface area (Å²) in [6.45, 7) is 6.50. The van der Waals surface area contributed by atoms with Gasteiger partial charge in [-0.25, -0.2) is 9.97 Å². The van der Waals surface area contributed by atoms with Crippen LogP contribution in [0.2, 0.25) is 5.02 Å². The first-order chi connectivity index (χ1) is 13.0. The zero-order valence-corrected chi connectivity index (χ0v) is 16.5. The Morgan fingerprint density at radius 1 is 1.30 bits per heavy atom. The molecule has 1 atom stereocenters. The summed E-state index contributed by atoms with van der Waals surface area (Å²) >= 11 is 6.33. The predicted octanol–water partition coefficient (Wildman–Crippen LogP) is 2.52. The van der Waals surface area contributed by atoms with E-state index in [4.69, 9.17) is 16.3 Å². The van der Waals surface area contributed by atoms with Crippen LogP contribution in [0, 0.1) is 19.8 Å². The molecular weight excluding hydrogens is 366 g/mol. The quantitative estimate of drug-likeness (QED) is 0.805. The molecule has 1 amide bonds. The predicted molar refractivity (Wildman–Crippen MR) is 102 cm³/mol. The average molecular weight is 388 g/mol. The van der Waals surface area contributed by atoms with Gasteiger partial charge in [-0.2, -0.15) is 0 Å². The Morgan fingerprint density at radius 3 is 2.89 bits per heavy atom. The van der Waals surface area contributed by atoms with E-state index >= 15 is 0 Å². The number of ether oxygens (including phenoxy) is 1. The van der Waals surface area contributed by atoms with Crippen molar-refractivity contribution in [2.24, 2.45) is 5.92 Å². The molecular formula is C19H22ClN5O2. The lowest BCUT2D eigenvalue weighted by Gasteiger charge is -2.21. The lowest BCUT2D eigenvalue weighted by atomic mass is 10.1. The monoisotopic (exact) mass is 387 g/mol. The summed E-state index contributed by atoms with van der Waals surface area (Å²) in [6.07, 6.45) is 2.30. The van der Waals surface area contributed by atoms with Crippen LogP contribution in [0.5, 0.6) is 5.88 Å². The number of nitrogens with zero attached hydrogens (tertiary/aromatic N) is 5. The summed E-state index contributed by atoms with van der Waals surface area (Å²) in [5, 5.41) is 0.702. The second-order valence-electron chi connectivity index (χ2n) is 7.11. The molecule has 2 aliphatic heterocycles. The summed E-state index contributed by atoms with van der Waals surface area (Å²) in [6, 6.07) is 1.80. The first kappa shape index (κ1) is 18.0. The molecule has 1 fully saturated rings. The maximum absolute atomic E-state index is 13.1. The standard InChI is InChI=1S/C19H22ClN5O2/c1-11-14-8-25(9-15(14)23-12(2)18(11)20)19(26)13-4-5-24(7-13)16-6-17(27-3)22-10-21-16/h6,10,13H,4-5,7-9H2,1-3H3. The Bertz CT molecular complexity index is 904. The van der Waals surface area contributed by atoms with Crippen molar-refractivity contribution in [3.05, 3.63) is 39.9 Å². The van der Waals surface area contributed by atoms with Gasteiger partial charge in [-0.15, -0.1) is 0 Å². The van der Waals surface area contributed by atoms with Gasteiger partial charge >= 0.3 is 0 Å². The Hall–Kier alpha value is -2.41. The van der Waals surface area contributed by atoms with Gasteiger partial charge in [-0.1, -0.05) is 11.6 Å². The van der Waals surface area contributed by atoms with Crippen molar-refractivity contribution in [3.8, 4) is 5.88 Å². The Labute approximate surface area is 163 Å². The number of halogens is 1. The van der Waals surface area contributed by atoms with Crippen LogP contribution in [-0.2, 0) is 17.9 Å². The fraction of sp³-hybridized carbons (Fsp3) is 0.474. The minimum absolute atomic E-state index is 0.0443. The number of aromatic nitrogens is 3. The van der Waals surface area contributed by atoms with E-state index < -0.39 is 0 Å². The highest BCUT2D eigenvalue weighted by Gasteiger charge is 2.35. The van der Waals surface area contributed by atoms with Gasteiger partial charge in [0.2, 0.25) is 11.8 Å². The Balaban J connectivity index is 1.46. The van der Waals surface area contributed by atoms with Crippen molar-refractivity contribution in [2.45, 2.75) is 33.4 Å². The van der Waals surface area contributed by atoms with E-state index in [1.165, 1.54) is 6.33 Å². The zero-order valence-electron chi connectivity index (χ0n) is 15.7. The number of aryl methyl sites for hydroxylation is 1. The number of hydrogen-bond donors (Lipinski definition) is 0. The van der Waals surface area contributed by atoms with Crippen LogP contribution < -0.4 is 9.64 Å². The second kappa shape index (κ2) is 6.96. The van der Waals surface area contributed by atoms with Crippen molar-refractivity contribution in [2.75, 3.05) is 25.1 Å². The lowest BCUT2D eigenvalue weighted by molar-refractivity contribution is -0.135. The molecule has 0 aliphatic carbocycles. The van der Waals surface area contributed by atoms with Gasteiger partial charge in [0.25, 0.3) is 0 Å². The molecule has 0 aromatic carbocycles. The zero-order chi connectivity index (χ0) is 19.1. The molecule has 27 heavy (non-hydrogen) atoms. The number of amides is 1. The van der Waals surface area contributed by atoms with Crippen molar-refractivity contribution in [3.63, 3.8) is 0 Å². The van der Waals surface area contributed by atoms with Gasteiger partial charge in [0.05, 0.1) is 36.0 Å². The van der Waals surface area contributed by atoms with E-state index in [-0.39, 0.29) is 11.8 Å². The smallest absolute Gasteiger partial charge is 0.228 e. The number of carbonyl (C=O) groups is 1. The van der Waals surface area contributed by atoms with E-state index in [9.17, 15) is 4.79 Å². The van der Waals surface area contributed by atoms with Crippen molar-refractivity contribution in [1.29, 1.82) is 0 Å². The molecule has 4 rings (SSSR count). The number of methoxy groups -OCH3 is 1. The number of pyridine rings is 1. The van der Waals surface area contributed by atoms with Crippen molar-refractivity contribution < 1.29 is 9.53 Å². The van der Waals surface area contributed by atoms with Crippen LogP contribution in [0.3, 0.4) is 0 Å². The maximum Gasteiger partial charge on any atom is 0.228 e. The maximum atomic E-state index is 13.1. The first-order valence-corrected chi connectivity index (χ1v) is 9.40. The van der Waals surface area contributed by atoms with E-state index in [1.807, 2.05) is 18.7 Å². The highest BCUT2D eigenvalue weighted by Crippen LogP contribution is 2.33. The van der Waals surface area contributed by atoms with Crippen LogP contribution in [-0.4, -0.2) is 46.0 Å². The minimum atomic E-state index is -0.0443.